The van der Waals surface area contributed by atoms with E-state index in [1.165, 1.54) is 12.1 Å². The number of halogens is 2. The molecule has 35 heavy (non-hydrogen) atoms. The van der Waals surface area contributed by atoms with E-state index in [0.717, 1.165) is 56.0 Å². The first kappa shape index (κ1) is 23.4. The van der Waals surface area contributed by atoms with Gasteiger partial charge in [0.15, 0.2) is 5.69 Å². The number of nitrogens with zero attached hydrogens (tertiary/aromatic N) is 4. The summed E-state index contributed by atoms with van der Waals surface area (Å²) >= 11 is 5.71. The van der Waals surface area contributed by atoms with E-state index in [1.54, 1.807) is 16.8 Å². The molecule has 3 aromatic rings. The predicted octanol–water partition coefficient (Wildman–Crippen LogP) is 4.34. The lowest BCUT2D eigenvalue weighted by Crippen LogP contribution is -2.49. The van der Waals surface area contributed by atoms with Gasteiger partial charge in [-0.05, 0) is 61.7 Å². The average molecular weight is 496 g/mol. The van der Waals surface area contributed by atoms with E-state index in [9.17, 15) is 14.0 Å². The lowest BCUT2D eigenvalue weighted by molar-refractivity contribution is -0.132. The molecular formula is C26H27ClFN5O2. The van der Waals surface area contributed by atoms with Crippen LogP contribution >= 0.6 is 11.6 Å². The van der Waals surface area contributed by atoms with Crippen LogP contribution < -0.4 is 10.2 Å². The third-order valence-electron chi connectivity index (χ3n) is 6.52. The zero-order chi connectivity index (χ0) is 24.5. The Kier molecular flexibility index (Phi) is 6.47. The van der Waals surface area contributed by atoms with Gasteiger partial charge in [0, 0.05) is 49.2 Å². The van der Waals surface area contributed by atoms with Crippen molar-refractivity contribution in [1.29, 1.82) is 0 Å². The number of piperazine rings is 1. The van der Waals surface area contributed by atoms with Gasteiger partial charge in [0.1, 0.15) is 5.82 Å². The van der Waals surface area contributed by atoms with Crippen LogP contribution in [-0.4, -0.2) is 52.7 Å². The number of carbonyl (C=O) groups is 2. The summed E-state index contributed by atoms with van der Waals surface area (Å²) in [6, 6.07) is 14.1. The zero-order valence-corrected chi connectivity index (χ0v) is 20.3. The second-order valence-electron chi connectivity index (χ2n) is 9.17. The number of hydrogen-bond donors (Lipinski definition) is 1. The Hall–Kier alpha value is -3.39. The monoisotopic (exact) mass is 495 g/mol. The molecule has 1 aliphatic heterocycles. The summed E-state index contributed by atoms with van der Waals surface area (Å²) in [5.41, 5.74) is 3.60. The Morgan fingerprint density at radius 2 is 1.86 bits per heavy atom. The number of hydrogen-bond acceptors (Lipinski definition) is 4. The van der Waals surface area contributed by atoms with Gasteiger partial charge in [-0.25, -0.2) is 4.39 Å². The molecule has 1 aliphatic carbocycles. The lowest BCUT2D eigenvalue weighted by atomic mass is 10.1. The highest BCUT2D eigenvalue weighted by Crippen LogP contribution is 2.31. The molecule has 7 nitrogen and oxygen atoms in total. The largest absolute Gasteiger partial charge is 0.368 e. The van der Waals surface area contributed by atoms with Gasteiger partial charge in [-0.3, -0.25) is 14.3 Å². The van der Waals surface area contributed by atoms with Crippen LogP contribution in [0, 0.1) is 18.7 Å². The molecule has 2 aromatic carbocycles. The molecule has 2 fully saturated rings. The fraction of sp³-hybridized carbons (Fsp3) is 0.346. The summed E-state index contributed by atoms with van der Waals surface area (Å²) in [7, 11) is 0. The van der Waals surface area contributed by atoms with Crippen LogP contribution in [0.1, 0.15) is 34.6 Å². The molecule has 2 amide bonds. The minimum absolute atomic E-state index is 0.000946. The third kappa shape index (κ3) is 5.32. The molecule has 182 valence electrons. The smallest absolute Gasteiger partial charge is 0.276 e. The van der Waals surface area contributed by atoms with Crippen molar-refractivity contribution in [3.05, 3.63) is 76.3 Å². The molecule has 0 unspecified atom stereocenters. The molecule has 1 saturated heterocycles. The lowest BCUT2D eigenvalue weighted by Gasteiger charge is -2.36. The second kappa shape index (κ2) is 9.70. The van der Waals surface area contributed by atoms with E-state index in [-0.39, 0.29) is 16.6 Å². The SMILES string of the molecule is Cc1cc(C(=O)Nc2ccc(Cl)c(F)c2)nn1Cc1cccc(N2CCN(C(=O)C3CC3)CC2)c1. The molecule has 0 radical (unpaired) electrons. The molecule has 0 spiro atoms. The highest BCUT2D eigenvalue weighted by Gasteiger charge is 2.34. The average Bonchev–Trinajstić information content (AvgIpc) is 3.65. The van der Waals surface area contributed by atoms with E-state index >= 15 is 0 Å². The van der Waals surface area contributed by atoms with E-state index in [2.05, 4.69) is 27.4 Å². The van der Waals surface area contributed by atoms with Crippen molar-refractivity contribution in [1.82, 2.24) is 14.7 Å². The van der Waals surface area contributed by atoms with Gasteiger partial charge in [-0.2, -0.15) is 5.10 Å². The summed E-state index contributed by atoms with van der Waals surface area (Å²) in [5.74, 6) is -0.432. The molecular weight excluding hydrogens is 469 g/mol. The molecule has 2 aliphatic rings. The van der Waals surface area contributed by atoms with Gasteiger partial charge in [-0.15, -0.1) is 0 Å². The molecule has 1 aromatic heterocycles. The summed E-state index contributed by atoms with van der Waals surface area (Å²) in [5, 5.41) is 7.12. The van der Waals surface area contributed by atoms with Gasteiger partial charge in [0.2, 0.25) is 5.91 Å². The molecule has 0 bridgehead atoms. The minimum atomic E-state index is -0.595. The number of nitrogens with one attached hydrogen (secondary N) is 1. The minimum Gasteiger partial charge on any atom is -0.368 e. The molecule has 1 saturated carbocycles. The maximum Gasteiger partial charge on any atom is 0.276 e. The van der Waals surface area contributed by atoms with Crippen molar-refractivity contribution in [2.45, 2.75) is 26.3 Å². The number of aromatic nitrogens is 2. The molecule has 1 N–H and O–H groups in total. The molecule has 2 heterocycles. The van der Waals surface area contributed by atoms with Crippen LogP contribution in [0.15, 0.2) is 48.5 Å². The number of rotatable bonds is 6. The maximum absolute atomic E-state index is 13.7. The first-order valence-electron chi connectivity index (χ1n) is 11.8. The Morgan fingerprint density at radius 1 is 1.09 bits per heavy atom. The topological polar surface area (TPSA) is 70.5 Å². The number of aryl methyl sites for hydroxylation is 1. The Morgan fingerprint density at radius 3 is 2.57 bits per heavy atom. The van der Waals surface area contributed by atoms with Gasteiger partial charge < -0.3 is 15.1 Å². The van der Waals surface area contributed by atoms with Crippen LogP contribution in [0.3, 0.4) is 0 Å². The summed E-state index contributed by atoms with van der Waals surface area (Å²) < 4.78 is 15.5. The normalized spacial score (nSPS) is 15.9. The quantitative estimate of drug-likeness (QED) is 0.552. The number of amides is 2. The molecule has 0 atom stereocenters. The van der Waals surface area contributed by atoms with E-state index in [1.807, 2.05) is 24.0 Å². The Labute approximate surface area is 208 Å². The maximum atomic E-state index is 13.7. The van der Waals surface area contributed by atoms with Crippen LogP contribution in [0.5, 0.6) is 0 Å². The highest BCUT2D eigenvalue weighted by molar-refractivity contribution is 6.30. The van der Waals surface area contributed by atoms with Gasteiger partial charge in [-0.1, -0.05) is 23.7 Å². The van der Waals surface area contributed by atoms with Crippen molar-refractivity contribution in [2.75, 3.05) is 36.4 Å². The number of benzene rings is 2. The van der Waals surface area contributed by atoms with Gasteiger partial charge in [0.05, 0.1) is 11.6 Å². The standard InChI is InChI=1S/C26H27ClFN5O2/c1-17-13-24(25(34)29-20-7-8-22(27)23(28)15-20)30-33(17)16-18-3-2-4-21(14-18)31-9-11-32(12-10-31)26(35)19-5-6-19/h2-4,7-8,13-15,19H,5-6,9-12,16H2,1H3,(H,29,34). The summed E-state index contributed by atoms with van der Waals surface area (Å²) in [6.45, 7) is 5.56. The first-order valence-corrected chi connectivity index (χ1v) is 12.2. The van der Waals surface area contributed by atoms with Crippen LogP contribution in [-0.2, 0) is 11.3 Å². The van der Waals surface area contributed by atoms with E-state index in [0.29, 0.717) is 18.1 Å². The van der Waals surface area contributed by atoms with Gasteiger partial charge >= 0.3 is 0 Å². The number of carbonyl (C=O) groups excluding carboxylic acids is 2. The molecule has 9 heteroatoms. The van der Waals surface area contributed by atoms with E-state index in [4.69, 9.17) is 11.6 Å². The highest BCUT2D eigenvalue weighted by atomic mass is 35.5. The van der Waals surface area contributed by atoms with Gasteiger partial charge in [0.25, 0.3) is 5.91 Å². The van der Waals surface area contributed by atoms with Crippen molar-refractivity contribution in [3.8, 4) is 0 Å². The Bertz CT molecular complexity index is 1260. The van der Waals surface area contributed by atoms with Crippen LogP contribution in [0.25, 0.3) is 0 Å². The summed E-state index contributed by atoms with van der Waals surface area (Å²) in [6.07, 6.45) is 2.08. The van der Waals surface area contributed by atoms with Crippen molar-refractivity contribution in [3.63, 3.8) is 0 Å². The van der Waals surface area contributed by atoms with E-state index < -0.39 is 11.7 Å². The fourth-order valence-electron chi connectivity index (χ4n) is 4.35. The van der Waals surface area contributed by atoms with Crippen LogP contribution in [0.4, 0.5) is 15.8 Å². The summed E-state index contributed by atoms with van der Waals surface area (Å²) in [4.78, 5) is 29.3. The Balaban J connectivity index is 1.23. The zero-order valence-electron chi connectivity index (χ0n) is 19.5. The third-order valence-corrected chi connectivity index (χ3v) is 6.82. The molecule has 5 rings (SSSR count). The number of anilines is 2. The van der Waals surface area contributed by atoms with Crippen molar-refractivity contribution in [2.24, 2.45) is 5.92 Å². The second-order valence-corrected chi connectivity index (χ2v) is 9.58. The fourth-order valence-corrected chi connectivity index (χ4v) is 4.47. The first-order chi connectivity index (χ1) is 16.9. The van der Waals surface area contributed by atoms with Crippen molar-refractivity contribution >= 4 is 34.8 Å². The van der Waals surface area contributed by atoms with Crippen LogP contribution in [0.2, 0.25) is 5.02 Å². The van der Waals surface area contributed by atoms with Crippen molar-refractivity contribution < 1.29 is 14.0 Å². The predicted molar refractivity (Wildman–Crippen MR) is 133 cm³/mol.